The van der Waals surface area contributed by atoms with Gasteiger partial charge in [-0.2, -0.15) is 9.41 Å². The molecule has 2 aliphatic rings. The van der Waals surface area contributed by atoms with Gasteiger partial charge in [-0.25, -0.2) is 8.42 Å². The Kier molecular flexibility index (Phi) is 6.31. The molecule has 9 nitrogen and oxygen atoms in total. The van der Waals surface area contributed by atoms with Crippen molar-refractivity contribution in [2.75, 3.05) is 38.7 Å². The average Bonchev–Trinajstić information content (AvgIpc) is 2.67. The van der Waals surface area contributed by atoms with E-state index >= 15 is 0 Å². The highest BCUT2D eigenvalue weighted by atomic mass is 32.2. The first-order valence-corrected chi connectivity index (χ1v) is 11.0. The number of likely N-dealkylation sites (tertiary alicyclic amines) is 1. The summed E-state index contributed by atoms with van der Waals surface area (Å²) in [4.78, 5) is 12.7. The summed E-state index contributed by atoms with van der Waals surface area (Å²) < 4.78 is 27.8. The molecule has 1 aromatic rings. The van der Waals surface area contributed by atoms with Crippen molar-refractivity contribution in [2.45, 2.75) is 37.5 Å². The van der Waals surface area contributed by atoms with Crippen LogP contribution < -0.4 is 5.43 Å². The van der Waals surface area contributed by atoms with E-state index in [4.69, 9.17) is 0 Å². The van der Waals surface area contributed by atoms with E-state index in [1.54, 1.807) is 0 Å². The number of sulfonamides is 1. The summed E-state index contributed by atoms with van der Waals surface area (Å²) in [6, 6.07) is 3.86. The van der Waals surface area contributed by atoms with Crippen molar-refractivity contribution in [3.8, 4) is 0 Å². The number of rotatable bonds is 5. The molecule has 2 heterocycles. The van der Waals surface area contributed by atoms with Gasteiger partial charge < -0.3 is 4.90 Å². The molecule has 0 atom stereocenters. The van der Waals surface area contributed by atoms with E-state index in [-0.39, 0.29) is 16.3 Å². The molecular formula is C18H27N5O4S. The number of nitro groups is 1. The zero-order valence-electron chi connectivity index (χ0n) is 16.3. The summed E-state index contributed by atoms with van der Waals surface area (Å²) in [5.74, 6) is 0.477. The van der Waals surface area contributed by atoms with Gasteiger partial charge in [0.05, 0.1) is 10.6 Å². The molecular weight excluding hydrogens is 382 g/mol. The van der Waals surface area contributed by atoms with Gasteiger partial charge in [-0.3, -0.25) is 15.5 Å². The smallest absolute Gasteiger partial charge is 0.270 e. The molecule has 0 aromatic heterocycles. The van der Waals surface area contributed by atoms with Crippen LogP contribution in [0.4, 0.5) is 11.4 Å². The zero-order valence-corrected chi connectivity index (χ0v) is 17.1. The number of hydrogen-bond donors (Lipinski definition) is 1. The van der Waals surface area contributed by atoms with Crippen molar-refractivity contribution in [3.05, 3.63) is 28.3 Å². The van der Waals surface area contributed by atoms with Crippen LogP contribution in [0.1, 0.15) is 32.6 Å². The average molecular weight is 410 g/mol. The van der Waals surface area contributed by atoms with E-state index in [2.05, 4.69) is 22.4 Å². The maximum absolute atomic E-state index is 13.2. The standard InChI is InChI=1S/C18H27N5O4S/c1-14-5-11-22(12-6-14)28(26,27)18-13-16(23(24)25)3-4-17(18)20-19-15-7-9-21(2)10-8-15/h3-4,13-14,20H,5-12H2,1-2H3. The third kappa shape index (κ3) is 4.68. The van der Waals surface area contributed by atoms with E-state index < -0.39 is 14.9 Å². The number of hydrogen-bond acceptors (Lipinski definition) is 7. The SMILES string of the molecule is CC1CCN(S(=O)(=O)c2cc([N+](=O)[O-])ccc2NN=C2CCN(C)CC2)CC1. The topological polar surface area (TPSA) is 108 Å². The first-order valence-electron chi connectivity index (χ1n) is 9.56. The Bertz CT molecular complexity index is 853. The lowest BCUT2D eigenvalue weighted by molar-refractivity contribution is -0.385. The fourth-order valence-corrected chi connectivity index (χ4v) is 5.05. The molecule has 0 saturated carbocycles. The first kappa shape index (κ1) is 20.7. The molecule has 2 aliphatic heterocycles. The van der Waals surface area contributed by atoms with Gasteiger partial charge in [-0.1, -0.05) is 6.92 Å². The molecule has 2 saturated heterocycles. The van der Waals surface area contributed by atoms with Crippen molar-refractivity contribution in [1.82, 2.24) is 9.21 Å². The fourth-order valence-electron chi connectivity index (χ4n) is 3.42. The number of nitrogens with zero attached hydrogens (tertiary/aromatic N) is 4. The Labute approximate surface area is 165 Å². The van der Waals surface area contributed by atoms with Crippen molar-refractivity contribution in [1.29, 1.82) is 0 Å². The number of piperidine rings is 2. The number of nitrogens with one attached hydrogen (secondary N) is 1. The molecule has 2 fully saturated rings. The summed E-state index contributed by atoms with van der Waals surface area (Å²) in [5.41, 5.74) is 3.85. The van der Waals surface area contributed by atoms with Gasteiger partial charge in [0.25, 0.3) is 5.69 Å². The summed E-state index contributed by atoms with van der Waals surface area (Å²) in [7, 11) is -1.80. The summed E-state index contributed by atoms with van der Waals surface area (Å²) in [6.07, 6.45) is 3.19. The van der Waals surface area contributed by atoms with Gasteiger partial charge in [-0.15, -0.1) is 0 Å². The van der Waals surface area contributed by atoms with Crippen LogP contribution in [0.5, 0.6) is 0 Å². The van der Waals surface area contributed by atoms with E-state index in [1.807, 2.05) is 7.05 Å². The molecule has 3 rings (SSSR count). The van der Waals surface area contributed by atoms with Crippen molar-refractivity contribution >= 4 is 27.1 Å². The molecule has 0 radical (unpaired) electrons. The predicted octanol–water partition coefficient (Wildman–Crippen LogP) is 2.51. The molecule has 1 aromatic carbocycles. The van der Waals surface area contributed by atoms with Crippen LogP contribution in [-0.2, 0) is 10.0 Å². The second kappa shape index (κ2) is 8.54. The van der Waals surface area contributed by atoms with Gasteiger partial charge in [0.15, 0.2) is 0 Å². The third-order valence-electron chi connectivity index (χ3n) is 5.44. The molecule has 10 heteroatoms. The van der Waals surface area contributed by atoms with Crippen molar-refractivity contribution in [3.63, 3.8) is 0 Å². The van der Waals surface area contributed by atoms with Crippen LogP contribution >= 0.6 is 0 Å². The number of non-ortho nitro benzene ring substituents is 1. The normalized spacial score (nSPS) is 20.1. The maximum Gasteiger partial charge on any atom is 0.270 e. The minimum Gasteiger partial charge on any atom is -0.306 e. The molecule has 0 amide bonds. The molecule has 0 aliphatic carbocycles. The van der Waals surface area contributed by atoms with Crippen LogP contribution in [0.2, 0.25) is 0 Å². The highest BCUT2D eigenvalue weighted by molar-refractivity contribution is 7.89. The van der Waals surface area contributed by atoms with Crippen molar-refractivity contribution in [2.24, 2.45) is 11.0 Å². The highest BCUT2D eigenvalue weighted by Crippen LogP contribution is 2.31. The molecule has 0 unspecified atom stereocenters. The number of nitro benzene ring substituents is 1. The van der Waals surface area contributed by atoms with Crippen LogP contribution in [-0.4, -0.2) is 61.5 Å². The highest BCUT2D eigenvalue weighted by Gasteiger charge is 2.31. The van der Waals surface area contributed by atoms with E-state index in [9.17, 15) is 18.5 Å². The predicted molar refractivity (Wildman–Crippen MR) is 108 cm³/mol. The number of anilines is 1. The van der Waals surface area contributed by atoms with Crippen LogP contribution in [0.3, 0.4) is 0 Å². The monoisotopic (exact) mass is 409 g/mol. The lowest BCUT2D eigenvalue weighted by atomic mass is 10.0. The van der Waals surface area contributed by atoms with E-state index in [1.165, 1.54) is 16.4 Å². The van der Waals surface area contributed by atoms with E-state index in [0.717, 1.165) is 50.6 Å². The van der Waals surface area contributed by atoms with Crippen molar-refractivity contribution < 1.29 is 13.3 Å². The minimum atomic E-state index is -3.84. The Morgan fingerprint density at radius 2 is 1.82 bits per heavy atom. The third-order valence-corrected chi connectivity index (χ3v) is 7.37. The molecule has 154 valence electrons. The molecule has 28 heavy (non-hydrogen) atoms. The number of benzene rings is 1. The Balaban J connectivity index is 1.90. The van der Waals surface area contributed by atoms with Gasteiger partial charge in [0, 0.05) is 56.9 Å². The minimum absolute atomic E-state index is 0.0893. The summed E-state index contributed by atoms with van der Waals surface area (Å²) in [6.45, 7) is 4.75. The summed E-state index contributed by atoms with van der Waals surface area (Å²) >= 11 is 0. The van der Waals surface area contributed by atoms with E-state index in [0.29, 0.717) is 19.0 Å². The number of hydrazone groups is 1. The van der Waals surface area contributed by atoms with Gasteiger partial charge in [-0.05, 0) is 31.9 Å². The van der Waals surface area contributed by atoms with Crippen LogP contribution in [0.25, 0.3) is 0 Å². The Hall–Kier alpha value is -2.04. The fraction of sp³-hybridized carbons (Fsp3) is 0.611. The summed E-state index contributed by atoms with van der Waals surface area (Å²) in [5, 5.41) is 15.6. The quantitative estimate of drug-likeness (QED) is 0.591. The van der Waals surface area contributed by atoms with Gasteiger partial charge >= 0.3 is 0 Å². The van der Waals surface area contributed by atoms with Gasteiger partial charge in [0.1, 0.15) is 4.90 Å². The maximum atomic E-state index is 13.2. The van der Waals surface area contributed by atoms with Gasteiger partial charge in [0.2, 0.25) is 10.0 Å². The lowest BCUT2D eigenvalue weighted by Crippen LogP contribution is -2.38. The lowest BCUT2D eigenvalue weighted by Gasteiger charge is -2.30. The zero-order chi connectivity index (χ0) is 20.3. The Morgan fingerprint density at radius 1 is 1.18 bits per heavy atom. The van der Waals surface area contributed by atoms with Crippen LogP contribution in [0.15, 0.2) is 28.2 Å². The second-order valence-electron chi connectivity index (χ2n) is 7.62. The second-order valence-corrected chi connectivity index (χ2v) is 9.52. The molecule has 1 N–H and O–H groups in total. The largest absolute Gasteiger partial charge is 0.306 e. The molecule has 0 spiro atoms. The first-order chi connectivity index (χ1) is 13.3. The Morgan fingerprint density at radius 3 is 2.43 bits per heavy atom. The molecule has 0 bridgehead atoms. The van der Waals surface area contributed by atoms with Crippen LogP contribution in [0, 0.1) is 16.0 Å².